The van der Waals surface area contributed by atoms with Crippen LogP contribution in [0.25, 0.3) is 0 Å². The number of amides is 3. The van der Waals surface area contributed by atoms with Gasteiger partial charge in [-0.15, -0.1) is 0 Å². The number of carbonyl (C=O) groups excluding carboxylic acids is 3. The summed E-state index contributed by atoms with van der Waals surface area (Å²) in [6.07, 6.45) is 2.82. The van der Waals surface area contributed by atoms with Gasteiger partial charge in [-0.05, 0) is 82.6 Å². The molecule has 3 amide bonds. The standard InChI is InChI=1S/C32H49N3O6/c1-9-21(18-36)35-25(27(38)34-30(7,8)19-29(4,5)6)32-17-16-31(10-2,41-32)23(24(32)28(35)39)26(37)33-20-12-14-22(15-13-20)40-11-3/h12-15,21,23-25,36H,9-11,16-19H2,1-8H3,(H,33,37)(H,34,38)/t21-,23+,24-,25?,31-,32?/m0/s1. The predicted molar refractivity (Wildman–Crippen MR) is 157 cm³/mol. The molecule has 4 rings (SSSR count). The number of fused-ring (bicyclic) bond motifs is 1. The van der Waals surface area contributed by atoms with Gasteiger partial charge >= 0.3 is 0 Å². The molecule has 9 heteroatoms. The highest BCUT2D eigenvalue weighted by molar-refractivity contribution is 6.02. The van der Waals surface area contributed by atoms with Crippen molar-refractivity contribution in [1.82, 2.24) is 10.2 Å². The second kappa shape index (κ2) is 11.2. The minimum absolute atomic E-state index is 0.0293. The van der Waals surface area contributed by atoms with Crippen molar-refractivity contribution in [1.29, 1.82) is 0 Å². The number of hydrogen-bond acceptors (Lipinski definition) is 6. The molecule has 3 fully saturated rings. The minimum atomic E-state index is -1.14. The summed E-state index contributed by atoms with van der Waals surface area (Å²) in [4.78, 5) is 44.1. The highest BCUT2D eigenvalue weighted by Crippen LogP contribution is 2.64. The zero-order valence-corrected chi connectivity index (χ0v) is 26.0. The van der Waals surface area contributed by atoms with Gasteiger partial charge in [-0.2, -0.15) is 0 Å². The zero-order chi connectivity index (χ0) is 30.4. The van der Waals surface area contributed by atoms with Gasteiger partial charge in [-0.3, -0.25) is 14.4 Å². The number of benzene rings is 1. The Morgan fingerprint density at radius 2 is 1.76 bits per heavy atom. The first-order chi connectivity index (χ1) is 19.2. The average Bonchev–Trinajstić information content (AvgIpc) is 3.48. The Balaban J connectivity index is 1.71. The van der Waals surface area contributed by atoms with E-state index in [-0.39, 0.29) is 29.7 Å². The van der Waals surface area contributed by atoms with Gasteiger partial charge in [0.25, 0.3) is 0 Å². The van der Waals surface area contributed by atoms with Crippen molar-refractivity contribution in [2.24, 2.45) is 17.3 Å². The number of aliphatic hydroxyl groups excluding tert-OH is 1. The van der Waals surface area contributed by atoms with Crippen LogP contribution in [0.5, 0.6) is 5.75 Å². The van der Waals surface area contributed by atoms with E-state index in [0.29, 0.717) is 43.7 Å². The van der Waals surface area contributed by atoms with Crippen molar-refractivity contribution in [3.8, 4) is 5.75 Å². The van der Waals surface area contributed by atoms with E-state index in [2.05, 4.69) is 31.4 Å². The Kier molecular flexibility index (Phi) is 8.56. The molecule has 3 aliphatic heterocycles. The Hall–Kier alpha value is -2.65. The smallest absolute Gasteiger partial charge is 0.246 e. The van der Waals surface area contributed by atoms with Crippen LogP contribution >= 0.6 is 0 Å². The van der Waals surface area contributed by atoms with Gasteiger partial charge in [0.05, 0.1) is 36.7 Å². The van der Waals surface area contributed by atoms with Crippen molar-refractivity contribution in [3.63, 3.8) is 0 Å². The van der Waals surface area contributed by atoms with Crippen molar-refractivity contribution in [2.75, 3.05) is 18.5 Å². The number of likely N-dealkylation sites (tertiary alicyclic amines) is 1. The molecule has 6 atom stereocenters. The van der Waals surface area contributed by atoms with Crippen molar-refractivity contribution in [3.05, 3.63) is 24.3 Å². The Morgan fingerprint density at radius 1 is 1.10 bits per heavy atom. The third kappa shape index (κ3) is 5.59. The Labute approximate surface area is 244 Å². The summed E-state index contributed by atoms with van der Waals surface area (Å²) in [6, 6.07) is 5.65. The fourth-order valence-corrected chi connectivity index (χ4v) is 7.95. The van der Waals surface area contributed by atoms with Crippen LogP contribution in [0.1, 0.15) is 87.5 Å². The number of rotatable bonds is 11. The summed E-state index contributed by atoms with van der Waals surface area (Å²) in [7, 11) is 0. The van der Waals surface area contributed by atoms with E-state index < -0.39 is 40.7 Å². The molecule has 1 aromatic rings. The van der Waals surface area contributed by atoms with Gasteiger partial charge in [0.15, 0.2) is 0 Å². The normalized spacial score (nSPS) is 29.8. The summed E-state index contributed by atoms with van der Waals surface area (Å²) >= 11 is 0. The number of carbonyl (C=O) groups is 3. The Bertz CT molecular complexity index is 1140. The fraction of sp³-hybridized carbons (Fsp3) is 0.719. The molecule has 0 saturated carbocycles. The fourth-order valence-electron chi connectivity index (χ4n) is 7.95. The van der Waals surface area contributed by atoms with Crippen LogP contribution in [0.2, 0.25) is 0 Å². The molecule has 228 valence electrons. The molecule has 0 aromatic heterocycles. The van der Waals surface area contributed by atoms with Crippen LogP contribution in [0.4, 0.5) is 5.69 Å². The van der Waals surface area contributed by atoms with Gasteiger partial charge in [-0.25, -0.2) is 0 Å². The number of nitrogens with zero attached hydrogens (tertiary/aromatic N) is 1. The summed E-state index contributed by atoms with van der Waals surface area (Å²) in [5, 5.41) is 16.5. The Morgan fingerprint density at radius 3 is 2.29 bits per heavy atom. The van der Waals surface area contributed by atoms with Gasteiger partial charge in [0, 0.05) is 11.2 Å². The van der Waals surface area contributed by atoms with Crippen LogP contribution in [0.15, 0.2) is 24.3 Å². The maximum absolute atomic E-state index is 14.3. The van der Waals surface area contributed by atoms with E-state index in [1.165, 1.54) is 4.90 Å². The van der Waals surface area contributed by atoms with E-state index in [1.807, 2.05) is 34.6 Å². The van der Waals surface area contributed by atoms with E-state index in [9.17, 15) is 19.5 Å². The molecule has 3 saturated heterocycles. The molecule has 3 heterocycles. The van der Waals surface area contributed by atoms with Crippen molar-refractivity contribution in [2.45, 2.75) is 116 Å². The van der Waals surface area contributed by atoms with E-state index in [0.717, 1.165) is 6.42 Å². The zero-order valence-electron chi connectivity index (χ0n) is 26.0. The van der Waals surface area contributed by atoms with Gasteiger partial charge in [0.2, 0.25) is 17.7 Å². The number of hydrogen-bond donors (Lipinski definition) is 3. The molecule has 3 aliphatic rings. The van der Waals surface area contributed by atoms with E-state index in [4.69, 9.17) is 9.47 Å². The molecular weight excluding hydrogens is 522 g/mol. The SMILES string of the molecule is CCOc1ccc(NC(=O)[C@H]2[C@H]3C(=O)N([C@@H](CC)CO)C(C(=O)NC(C)(C)CC(C)(C)C)C34CC[C@]2(CC)O4)cc1. The second-order valence-electron chi connectivity index (χ2n) is 13.9. The predicted octanol–water partition coefficient (Wildman–Crippen LogP) is 4.28. The van der Waals surface area contributed by atoms with Crippen LogP contribution in [0.3, 0.4) is 0 Å². The third-order valence-corrected chi connectivity index (χ3v) is 9.09. The first kappa shape index (κ1) is 31.3. The summed E-state index contributed by atoms with van der Waals surface area (Å²) in [5.41, 5.74) is -1.95. The maximum Gasteiger partial charge on any atom is 0.246 e. The molecule has 1 aromatic carbocycles. The van der Waals surface area contributed by atoms with Crippen LogP contribution < -0.4 is 15.4 Å². The first-order valence-electron chi connectivity index (χ1n) is 15.2. The largest absolute Gasteiger partial charge is 0.494 e. The lowest BCUT2D eigenvalue weighted by Gasteiger charge is -2.40. The molecule has 1 spiro atoms. The third-order valence-electron chi connectivity index (χ3n) is 9.09. The number of aliphatic hydroxyl groups is 1. The van der Waals surface area contributed by atoms with E-state index >= 15 is 0 Å². The molecule has 0 aliphatic carbocycles. The maximum atomic E-state index is 14.3. The summed E-state index contributed by atoms with van der Waals surface area (Å²) in [5.74, 6) is -1.75. The highest BCUT2D eigenvalue weighted by atomic mass is 16.5. The van der Waals surface area contributed by atoms with Crippen molar-refractivity contribution < 1.29 is 29.0 Å². The molecule has 2 unspecified atom stereocenters. The van der Waals surface area contributed by atoms with Crippen LogP contribution in [-0.4, -0.2) is 69.8 Å². The summed E-state index contributed by atoms with van der Waals surface area (Å²) < 4.78 is 12.4. The summed E-state index contributed by atoms with van der Waals surface area (Å²) in [6.45, 7) is 16.4. The average molecular weight is 572 g/mol. The number of anilines is 1. The molecule has 2 bridgehead atoms. The minimum Gasteiger partial charge on any atom is -0.494 e. The highest BCUT2D eigenvalue weighted by Gasteiger charge is 2.79. The lowest BCUT2D eigenvalue weighted by Crippen LogP contribution is -2.61. The molecule has 9 nitrogen and oxygen atoms in total. The van der Waals surface area contributed by atoms with Gasteiger partial charge in [-0.1, -0.05) is 34.6 Å². The number of nitrogens with one attached hydrogen (secondary N) is 2. The lowest BCUT2D eigenvalue weighted by molar-refractivity contribution is -0.151. The first-order valence-corrected chi connectivity index (χ1v) is 15.2. The molecule has 3 N–H and O–H groups in total. The van der Waals surface area contributed by atoms with Gasteiger partial charge in [0.1, 0.15) is 17.4 Å². The van der Waals surface area contributed by atoms with Crippen LogP contribution in [0, 0.1) is 17.3 Å². The quantitative estimate of drug-likeness (QED) is 0.365. The van der Waals surface area contributed by atoms with E-state index in [1.54, 1.807) is 24.3 Å². The number of ether oxygens (including phenoxy) is 2. The topological polar surface area (TPSA) is 117 Å². The monoisotopic (exact) mass is 571 g/mol. The van der Waals surface area contributed by atoms with Gasteiger partial charge < -0.3 is 30.1 Å². The van der Waals surface area contributed by atoms with Crippen molar-refractivity contribution >= 4 is 23.4 Å². The molecule has 0 radical (unpaired) electrons. The molecule has 41 heavy (non-hydrogen) atoms. The van der Waals surface area contributed by atoms with Crippen LogP contribution in [-0.2, 0) is 19.1 Å². The second-order valence-corrected chi connectivity index (χ2v) is 13.9. The lowest BCUT2D eigenvalue weighted by atomic mass is 9.65. The molecular formula is C32H49N3O6.